The molecule has 2 N–H and O–H groups in total. The summed E-state index contributed by atoms with van der Waals surface area (Å²) in [4.78, 5) is 11.2. The van der Waals surface area contributed by atoms with Gasteiger partial charge in [0.1, 0.15) is 5.82 Å². The molecule has 0 aliphatic rings. The zero-order valence-electron chi connectivity index (χ0n) is 8.95. The lowest BCUT2D eigenvalue weighted by atomic mass is 10.1. The first-order chi connectivity index (χ1) is 8.27. The van der Waals surface area contributed by atoms with E-state index in [1.165, 1.54) is 6.20 Å². The van der Waals surface area contributed by atoms with Crippen molar-refractivity contribution in [3.63, 3.8) is 0 Å². The molecule has 86 valence electrons. The lowest BCUT2D eigenvalue weighted by Crippen LogP contribution is -2.21. The maximum Gasteiger partial charge on any atom is 0.330 e. The second-order valence-electron chi connectivity index (χ2n) is 3.44. The fourth-order valence-corrected chi connectivity index (χ4v) is 1.46. The summed E-state index contributed by atoms with van der Waals surface area (Å²) in [6.07, 6.45) is 1.53. The molecule has 1 unspecified atom stereocenters. The van der Waals surface area contributed by atoms with Gasteiger partial charge >= 0.3 is 5.97 Å². The van der Waals surface area contributed by atoms with Crippen LogP contribution in [0.1, 0.15) is 11.6 Å². The van der Waals surface area contributed by atoms with Crippen molar-refractivity contribution in [3.05, 3.63) is 54.2 Å². The minimum absolute atomic E-state index is 0.434. The van der Waals surface area contributed by atoms with Crippen LogP contribution in [0.25, 0.3) is 0 Å². The normalized spacial score (nSPS) is 11.8. The molecule has 5 nitrogen and oxygen atoms in total. The average molecular weight is 229 g/mol. The molecule has 1 aromatic heterocycles. The van der Waals surface area contributed by atoms with E-state index < -0.39 is 12.0 Å². The molecule has 0 saturated carbocycles. The Hall–Kier alpha value is -2.43. The molecular weight excluding hydrogens is 218 g/mol. The first kappa shape index (κ1) is 11.1. The van der Waals surface area contributed by atoms with Gasteiger partial charge in [0.15, 0.2) is 6.04 Å². The number of benzene rings is 1. The minimum Gasteiger partial charge on any atom is -0.479 e. The Morgan fingerprint density at radius 1 is 1.18 bits per heavy atom. The van der Waals surface area contributed by atoms with Gasteiger partial charge in [-0.1, -0.05) is 30.3 Å². The van der Waals surface area contributed by atoms with Crippen molar-refractivity contribution in [1.82, 2.24) is 10.2 Å². The predicted octanol–water partition coefficient (Wildman–Crippen LogP) is 1.71. The summed E-state index contributed by atoms with van der Waals surface area (Å²) in [6, 6.07) is 11.5. The van der Waals surface area contributed by atoms with Crippen molar-refractivity contribution in [3.8, 4) is 0 Å². The fraction of sp³-hybridized carbons (Fsp3) is 0.0833. The summed E-state index contributed by atoms with van der Waals surface area (Å²) < 4.78 is 0. The minimum atomic E-state index is -0.957. The molecule has 1 aromatic carbocycles. The number of carbonyl (C=O) groups is 1. The Bertz CT molecular complexity index is 488. The van der Waals surface area contributed by atoms with Crippen molar-refractivity contribution < 1.29 is 9.90 Å². The van der Waals surface area contributed by atoms with Gasteiger partial charge in [-0.2, -0.15) is 5.10 Å². The standard InChI is InChI=1S/C12H11N3O2/c16-12(17)11(9-5-2-1-3-6-9)14-10-7-4-8-13-15-10/h1-8,11H,(H,14,15)(H,16,17). The number of hydrogen-bond acceptors (Lipinski definition) is 4. The van der Waals surface area contributed by atoms with Gasteiger partial charge in [-0.05, 0) is 17.7 Å². The van der Waals surface area contributed by atoms with E-state index in [2.05, 4.69) is 15.5 Å². The van der Waals surface area contributed by atoms with E-state index in [-0.39, 0.29) is 0 Å². The Kier molecular flexibility index (Phi) is 3.30. The van der Waals surface area contributed by atoms with Crippen LogP contribution in [0.5, 0.6) is 0 Å². The summed E-state index contributed by atoms with van der Waals surface area (Å²) in [7, 11) is 0. The quantitative estimate of drug-likeness (QED) is 0.834. The number of hydrogen-bond donors (Lipinski definition) is 2. The highest BCUT2D eigenvalue weighted by Crippen LogP contribution is 2.17. The second kappa shape index (κ2) is 5.07. The number of nitrogens with one attached hydrogen (secondary N) is 1. The van der Waals surface area contributed by atoms with Crippen molar-refractivity contribution in [2.24, 2.45) is 0 Å². The Balaban J connectivity index is 2.23. The molecule has 0 bridgehead atoms. The molecule has 17 heavy (non-hydrogen) atoms. The van der Waals surface area contributed by atoms with Crippen LogP contribution in [-0.4, -0.2) is 21.3 Å². The summed E-state index contributed by atoms with van der Waals surface area (Å²) in [6.45, 7) is 0. The van der Waals surface area contributed by atoms with Gasteiger partial charge in [0.05, 0.1) is 0 Å². The number of rotatable bonds is 4. The second-order valence-corrected chi connectivity index (χ2v) is 3.44. The molecule has 0 amide bonds. The van der Waals surface area contributed by atoms with E-state index >= 15 is 0 Å². The van der Waals surface area contributed by atoms with Crippen molar-refractivity contribution in [2.75, 3.05) is 5.32 Å². The fourth-order valence-electron chi connectivity index (χ4n) is 1.46. The first-order valence-electron chi connectivity index (χ1n) is 5.09. The van der Waals surface area contributed by atoms with Crippen molar-refractivity contribution in [1.29, 1.82) is 0 Å². The average Bonchev–Trinajstić information content (AvgIpc) is 2.38. The van der Waals surface area contributed by atoms with Crippen LogP contribution >= 0.6 is 0 Å². The molecule has 0 aliphatic heterocycles. The van der Waals surface area contributed by atoms with Crippen LogP contribution in [0.2, 0.25) is 0 Å². The molecule has 1 heterocycles. The lowest BCUT2D eigenvalue weighted by molar-refractivity contribution is -0.138. The molecule has 0 saturated heterocycles. The van der Waals surface area contributed by atoms with E-state index in [1.54, 1.807) is 36.4 Å². The van der Waals surface area contributed by atoms with Gasteiger partial charge in [0.25, 0.3) is 0 Å². The summed E-state index contributed by atoms with van der Waals surface area (Å²) in [5.74, 6) is -0.523. The zero-order chi connectivity index (χ0) is 12.1. The number of aromatic nitrogens is 2. The van der Waals surface area contributed by atoms with Gasteiger partial charge in [0, 0.05) is 6.20 Å². The van der Waals surface area contributed by atoms with Gasteiger partial charge in [-0.3, -0.25) is 0 Å². The van der Waals surface area contributed by atoms with E-state index in [1.807, 2.05) is 6.07 Å². The molecule has 2 rings (SSSR count). The van der Waals surface area contributed by atoms with Gasteiger partial charge in [-0.25, -0.2) is 4.79 Å². The van der Waals surface area contributed by atoms with Gasteiger partial charge < -0.3 is 10.4 Å². The highest BCUT2D eigenvalue weighted by atomic mass is 16.4. The molecule has 0 spiro atoms. The Labute approximate surface area is 98.1 Å². The highest BCUT2D eigenvalue weighted by Gasteiger charge is 2.19. The molecule has 5 heteroatoms. The molecular formula is C12H11N3O2. The topological polar surface area (TPSA) is 75.1 Å². The summed E-state index contributed by atoms with van der Waals surface area (Å²) >= 11 is 0. The van der Waals surface area contributed by atoms with E-state index in [4.69, 9.17) is 0 Å². The Morgan fingerprint density at radius 2 is 1.94 bits per heavy atom. The molecule has 0 fully saturated rings. The van der Waals surface area contributed by atoms with Gasteiger partial charge in [-0.15, -0.1) is 5.10 Å². The van der Waals surface area contributed by atoms with E-state index in [9.17, 15) is 9.90 Å². The molecule has 0 radical (unpaired) electrons. The molecule has 1 atom stereocenters. The lowest BCUT2D eigenvalue weighted by Gasteiger charge is -2.14. The monoisotopic (exact) mass is 229 g/mol. The van der Waals surface area contributed by atoms with E-state index in [0.717, 1.165) is 0 Å². The highest BCUT2D eigenvalue weighted by molar-refractivity contribution is 5.78. The maximum absolute atomic E-state index is 11.2. The third-order valence-electron chi connectivity index (χ3n) is 2.24. The number of aliphatic carboxylic acids is 1. The van der Waals surface area contributed by atoms with Crippen molar-refractivity contribution >= 4 is 11.8 Å². The number of carboxylic acids is 1. The van der Waals surface area contributed by atoms with Crippen molar-refractivity contribution in [2.45, 2.75) is 6.04 Å². The maximum atomic E-state index is 11.2. The van der Waals surface area contributed by atoms with Gasteiger partial charge in [0.2, 0.25) is 0 Å². The SMILES string of the molecule is O=C(O)C(Nc1cccnn1)c1ccccc1. The zero-order valence-corrected chi connectivity index (χ0v) is 8.95. The third-order valence-corrected chi connectivity index (χ3v) is 2.24. The number of nitrogens with zero attached hydrogens (tertiary/aromatic N) is 2. The summed E-state index contributed by atoms with van der Waals surface area (Å²) in [5, 5.41) is 19.5. The summed E-state index contributed by atoms with van der Waals surface area (Å²) in [5.41, 5.74) is 0.672. The third kappa shape index (κ3) is 2.78. The van der Waals surface area contributed by atoms with E-state index in [0.29, 0.717) is 11.4 Å². The largest absolute Gasteiger partial charge is 0.479 e. The molecule has 2 aromatic rings. The van der Waals surface area contributed by atoms with Crippen LogP contribution < -0.4 is 5.32 Å². The smallest absolute Gasteiger partial charge is 0.330 e. The number of carboxylic acid groups (broad SMARTS) is 1. The van der Waals surface area contributed by atoms with Crippen LogP contribution in [0, 0.1) is 0 Å². The Morgan fingerprint density at radius 3 is 2.53 bits per heavy atom. The van der Waals surface area contributed by atoms with Crippen LogP contribution in [-0.2, 0) is 4.79 Å². The molecule has 0 aliphatic carbocycles. The van der Waals surface area contributed by atoms with Crippen LogP contribution in [0.4, 0.5) is 5.82 Å². The number of anilines is 1. The van der Waals surface area contributed by atoms with Crippen LogP contribution in [0.15, 0.2) is 48.7 Å². The van der Waals surface area contributed by atoms with Crippen LogP contribution in [0.3, 0.4) is 0 Å². The first-order valence-corrected chi connectivity index (χ1v) is 5.09. The predicted molar refractivity (Wildman–Crippen MR) is 62.5 cm³/mol.